The first-order chi connectivity index (χ1) is 10.2. The van der Waals surface area contributed by atoms with E-state index in [9.17, 15) is 4.79 Å². The first kappa shape index (κ1) is 17.7. The largest absolute Gasteiger partial charge is 0.481 e. The predicted molar refractivity (Wildman–Crippen MR) is 88.7 cm³/mol. The average Bonchev–Trinajstić information content (AvgIpc) is 2.48. The molecule has 0 unspecified atom stereocenters. The van der Waals surface area contributed by atoms with E-state index in [0.717, 1.165) is 12.8 Å². The zero-order valence-corrected chi connectivity index (χ0v) is 13.4. The standard InChI is InChI=1S/C19H30O2/c1-2-3-10-17-13-15-18(16-14-17)11-8-6-4-5-7-9-12-19(20)21/h13-16H,2-12H2,1H3,(H,20,21). The fourth-order valence-corrected chi connectivity index (χ4v) is 2.57. The highest BCUT2D eigenvalue weighted by molar-refractivity contribution is 5.66. The summed E-state index contributed by atoms with van der Waals surface area (Å²) in [7, 11) is 0. The van der Waals surface area contributed by atoms with E-state index in [1.54, 1.807) is 0 Å². The van der Waals surface area contributed by atoms with E-state index in [2.05, 4.69) is 31.2 Å². The molecule has 2 heteroatoms. The summed E-state index contributed by atoms with van der Waals surface area (Å²) >= 11 is 0. The molecule has 2 nitrogen and oxygen atoms in total. The second-order valence-electron chi connectivity index (χ2n) is 5.94. The van der Waals surface area contributed by atoms with Gasteiger partial charge in [-0.2, -0.15) is 0 Å². The Morgan fingerprint density at radius 3 is 1.81 bits per heavy atom. The van der Waals surface area contributed by atoms with Crippen molar-refractivity contribution in [1.82, 2.24) is 0 Å². The lowest BCUT2D eigenvalue weighted by atomic mass is 10.0. The second kappa shape index (κ2) is 11.4. The van der Waals surface area contributed by atoms with Crippen molar-refractivity contribution in [2.24, 2.45) is 0 Å². The van der Waals surface area contributed by atoms with Gasteiger partial charge in [-0.05, 0) is 43.2 Å². The molecule has 0 aliphatic rings. The predicted octanol–water partition coefficient (Wildman–Crippen LogP) is 5.39. The van der Waals surface area contributed by atoms with Crippen molar-refractivity contribution in [2.75, 3.05) is 0 Å². The summed E-state index contributed by atoms with van der Waals surface area (Å²) in [5, 5.41) is 8.55. The monoisotopic (exact) mass is 290 g/mol. The van der Waals surface area contributed by atoms with Crippen LogP contribution >= 0.6 is 0 Å². The van der Waals surface area contributed by atoms with E-state index in [1.807, 2.05) is 0 Å². The first-order valence-corrected chi connectivity index (χ1v) is 8.52. The van der Waals surface area contributed by atoms with Gasteiger partial charge in [-0.3, -0.25) is 4.79 Å². The van der Waals surface area contributed by atoms with E-state index >= 15 is 0 Å². The van der Waals surface area contributed by atoms with Gasteiger partial charge in [0.1, 0.15) is 0 Å². The summed E-state index contributed by atoms with van der Waals surface area (Å²) in [6, 6.07) is 9.10. The molecule has 0 radical (unpaired) electrons. The Morgan fingerprint density at radius 2 is 1.29 bits per heavy atom. The third kappa shape index (κ3) is 9.28. The quantitative estimate of drug-likeness (QED) is 0.524. The van der Waals surface area contributed by atoms with E-state index in [-0.39, 0.29) is 0 Å². The summed E-state index contributed by atoms with van der Waals surface area (Å²) in [6.07, 6.45) is 12.0. The van der Waals surface area contributed by atoms with Crippen LogP contribution in [0.25, 0.3) is 0 Å². The second-order valence-corrected chi connectivity index (χ2v) is 5.94. The highest BCUT2D eigenvalue weighted by Gasteiger charge is 1.98. The Balaban J connectivity index is 2.03. The lowest BCUT2D eigenvalue weighted by molar-refractivity contribution is -0.137. The van der Waals surface area contributed by atoms with Crippen LogP contribution in [0.5, 0.6) is 0 Å². The van der Waals surface area contributed by atoms with E-state index in [1.165, 1.54) is 62.5 Å². The Morgan fingerprint density at radius 1 is 0.810 bits per heavy atom. The molecule has 0 fully saturated rings. The zero-order valence-electron chi connectivity index (χ0n) is 13.4. The van der Waals surface area contributed by atoms with Crippen LogP contribution in [-0.2, 0) is 17.6 Å². The summed E-state index contributed by atoms with van der Waals surface area (Å²) in [4.78, 5) is 10.4. The lowest BCUT2D eigenvalue weighted by Gasteiger charge is -2.04. The molecule has 118 valence electrons. The molecule has 1 N–H and O–H groups in total. The maximum atomic E-state index is 10.4. The van der Waals surface area contributed by atoms with Crippen molar-refractivity contribution in [1.29, 1.82) is 0 Å². The van der Waals surface area contributed by atoms with Crippen LogP contribution < -0.4 is 0 Å². The fraction of sp³-hybridized carbons (Fsp3) is 0.632. The van der Waals surface area contributed by atoms with Gasteiger partial charge in [0, 0.05) is 6.42 Å². The molecule has 0 aromatic heterocycles. The Labute approximate surface area is 129 Å². The Kier molecular flexibility index (Phi) is 9.60. The molecule has 0 saturated heterocycles. The summed E-state index contributed by atoms with van der Waals surface area (Å²) in [6.45, 7) is 2.23. The van der Waals surface area contributed by atoms with Crippen LogP contribution in [0.15, 0.2) is 24.3 Å². The molecular formula is C19H30O2. The van der Waals surface area contributed by atoms with E-state index < -0.39 is 5.97 Å². The zero-order chi connectivity index (χ0) is 15.3. The van der Waals surface area contributed by atoms with Gasteiger partial charge < -0.3 is 5.11 Å². The number of carboxylic acids is 1. The molecule has 1 aromatic carbocycles. The topological polar surface area (TPSA) is 37.3 Å². The van der Waals surface area contributed by atoms with Gasteiger partial charge in [0.25, 0.3) is 0 Å². The van der Waals surface area contributed by atoms with Gasteiger partial charge in [0.15, 0.2) is 0 Å². The van der Waals surface area contributed by atoms with Crippen molar-refractivity contribution >= 4 is 5.97 Å². The van der Waals surface area contributed by atoms with E-state index in [4.69, 9.17) is 5.11 Å². The number of aliphatic carboxylic acids is 1. The minimum atomic E-state index is -0.669. The first-order valence-electron chi connectivity index (χ1n) is 8.52. The molecule has 0 saturated carbocycles. The van der Waals surface area contributed by atoms with Crippen molar-refractivity contribution in [3.63, 3.8) is 0 Å². The third-order valence-corrected chi connectivity index (χ3v) is 3.95. The number of hydrogen-bond donors (Lipinski definition) is 1. The van der Waals surface area contributed by atoms with Crippen LogP contribution in [0.1, 0.15) is 75.8 Å². The number of unbranched alkanes of at least 4 members (excludes halogenated alkanes) is 6. The van der Waals surface area contributed by atoms with Crippen molar-refractivity contribution in [3.05, 3.63) is 35.4 Å². The number of carbonyl (C=O) groups is 1. The summed E-state index contributed by atoms with van der Waals surface area (Å²) < 4.78 is 0. The smallest absolute Gasteiger partial charge is 0.303 e. The van der Waals surface area contributed by atoms with Crippen LogP contribution in [0, 0.1) is 0 Å². The summed E-state index contributed by atoms with van der Waals surface area (Å²) in [5.41, 5.74) is 2.90. The van der Waals surface area contributed by atoms with Gasteiger partial charge in [-0.25, -0.2) is 0 Å². The maximum Gasteiger partial charge on any atom is 0.303 e. The van der Waals surface area contributed by atoms with Crippen molar-refractivity contribution < 1.29 is 9.90 Å². The minimum absolute atomic E-state index is 0.324. The SMILES string of the molecule is CCCCc1ccc(CCCCCCCCC(=O)O)cc1. The molecule has 0 heterocycles. The van der Waals surface area contributed by atoms with Crippen LogP contribution in [0.4, 0.5) is 0 Å². The Hall–Kier alpha value is -1.31. The highest BCUT2D eigenvalue weighted by Crippen LogP contribution is 2.12. The van der Waals surface area contributed by atoms with Gasteiger partial charge in [-0.1, -0.05) is 63.3 Å². The van der Waals surface area contributed by atoms with Crippen LogP contribution in [0.2, 0.25) is 0 Å². The molecule has 0 aliphatic heterocycles. The molecule has 0 spiro atoms. The molecule has 0 atom stereocenters. The number of carboxylic acid groups (broad SMARTS) is 1. The Bertz CT molecular complexity index is 381. The highest BCUT2D eigenvalue weighted by atomic mass is 16.4. The molecule has 1 rings (SSSR count). The number of aryl methyl sites for hydroxylation is 2. The third-order valence-electron chi connectivity index (χ3n) is 3.95. The van der Waals surface area contributed by atoms with Crippen LogP contribution in [-0.4, -0.2) is 11.1 Å². The normalized spacial score (nSPS) is 10.7. The molecule has 1 aromatic rings. The lowest BCUT2D eigenvalue weighted by Crippen LogP contribution is -1.93. The molecule has 0 aliphatic carbocycles. The van der Waals surface area contributed by atoms with E-state index in [0.29, 0.717) is 6.42 Å². The molecule has 0 bridgehead atoms. The fourth-order valence-electron chi connectivity index (χ4n) is 2.57. The van der Waals surface area contributed by atoms with Gasteiger partial charge in [-0.15, -0.1) is 0 Å². The van der Waals surface area contributed by atoms with Crippen molar-refractivity contribution in [2.45, 2.75) is 77.6 Å². The summed E-state index contributed by atoms with van der Waals surface area (Å²) in [5.74, 6) is -0.669. The van der Waals surface area contributed by atoms with Crippen molar-refractivity contribution in [3.8, 4) is 0 Å². The van der Waals surface area contributed by atoms with Crippen LogP contribution in [0.3, 0.4) is 0 Å². The number of benzene rings is 1. The van der Waals surface area contributed by atoms with Gasteiger partial charge in [0.2, 0.25) is 0 Å². The maximum absolute atomic E-state index is 10.4. The average molecular weight is 290 g/mol. The number of hydrogen-bond acceptors (Lipinski definition) is 1. The minimum Gasteiger partial charge on any atom is -0.481 e. The van der Waals surface area contributed by atoms with Gasteiger partial charge >= 0.3 is 5.97 Å². The molecule has 0 amide bonds. The number of rotatable bonds is 12. The molecule has 21 heavy (non-hydrogen) atoms. The van der Waals surface area contributed by atoms with Gasteiger partial charge in [0.05, 0.1) is 0 Å². The molecular weight excluding hydrogens is 260 g/mol.